The molecule has 0 aliphatic carbocycles. The number of rotatable bonds is 4. The molecule has 0 saturated heterocycles. The number of aliphatic hydroxyl groups is 1. The molecule has 1 N–H and O–H groups in total. The van der Waals surface area contributed by atoms with Gasteiger partial charge in [-0.05, 0) is 36.2 Å². The molecule has 1 heterocycles. The van der Waals surface area contributed by atoms with Crippen LogP contribution in [0.5, 0.6) is 5.75 Å². The summed E-state index contributed by atoms with van der Waals surface area (Å²) < 4.78 is 5.29. The molecule has 0 aromatic heterocycles. The maximum Gasteiger partial charge on any atom is 0.268 e. The van der Waals surface area contributed by atoms with Crippen LogP contribution in [0.2, 0.25) is 0 Å². The number of amides is 1. The van der Waals surface area contributed by atoms with E-state index < -0.39 is 5.60 Å². The van der Waals surface area contributed by atoms with Crippen LogP contribution in [0.3, 0.4) is 0 Å². The average molecular weight is 359 g/mol. The summed E-state index contributed by atoms with van der Waals surface area (Å²) in [6.45, 7) is 2.31. The third-order valence-electron chi connectivity index (χ3n) is 5.05. The van der Waals surface area contributed by atoms with Gasteiger partial charge in [-0.15, -0.1) is 0 Å². The average Bonchev–Trinajstić information content (AvgIpc) is 2.91. The molecule has 4 nitrogen and oxygen atoms in total. The van der Waals surface area contributed by atoms with Gasteiger partial charge in [0, 0.05) is 5.56 Å². The highest BCUT2D eigenvalue weighted by molar-refractivity contribution is 6.09. The number of carbonyl (C=O) groups excluding carboxylic acids is 1. The quantitative estimate of drug-likeness (QED) is 0.771. The van der Waals surface area contributed by atoms with Crippen LogP contribution in [0.4, 0.5) is 5.69 Å². The van der Waals surface area contributed by atoms with E-state index in [-0.39, 0.29) is 5.91 Å². The van der Waals surface area contributed by atoms with Crippen LogP contribution >= 0.6 is 0 Å². The Morgan fingerprint density at radius 1 is 1.00 bits per heavy atom. The second-order valence-corrected chi connectivity index (χ2v) is 6.84. The van der Waals surface area contributed by atoms with E-state index in [4.69, 9.17) is 4.74 Å². The first-order valence-corrected chi connectivity index (χ1v) is 8.88. The summed E-state index contributed by atoms with van der Waals surface area (Å²) in [5, 5.41) is 11.5. The largest absolute Gasteiger partial charge is 0.497 e. The lowest BCUT2D eigenvalue weighted by atomic mass is 9.87. The fourth-order valence-electron chi connectivity index (χ4n) is 3.69. The number of carbonyl (C=O) groups is 1. The number of anilines is 1. The topological polar surface area (TPSA) is 49.8 Å². The molecule has 136 valence electrons. The van der Waals surface area contributed by atoms with Crippen LogP contribution in [0.25, 0.3) is 0 Å². The Morgan fingerprint density at radius 3 is 2.56 bits per heavy atom. The van der Waals surface area contributed by atoms with Crippen molar-refractivity contribution < 1.29 is 14.6 Å². The second kappa shape index (κ2) is 6.56. The molecule has 0 spiro atoms. The first-order chi connectivity index (χ1) is 13.0. The van der Waals surface area contributed by atoms with Crippen LogP contribution in [0.15, 0.2) is 72.8 Å². The summed E-state index contributed by atoms with van der Waals surface area (Å²) >= 11 is 0. The van der Waals surface area contributed by atoms with Crippen molar-refractivity contribution in [3.8, 4) is 5.75 Å². The summed E-state index contributed by atoms with van der Waals surface area (Å²) in [4.78, 5) is 15.0. The summed E-state index contributed by atoms with van der Waals surface area (Å²) in [6.07, 6.45) is 0. The number of nitrogens with zero attached hydrogens (tertiary/aromatic N) is 1. The molecule has 27 heavy (non-hydrogen) atoms. The van der Waals surface area contributed by atoms with Crippen molar-refractivity contribution in [1.82, 2.24) is 0 Å². The fourth-order valence-corrected chi connectivity index (χ4v) is 3.69. The summed E-state index contributed by atoms with van der Waals surface area (Å²) in [5.74, 6) is 0.401. The molecular formula is C23H21NO3. The molecule has 3 aromatic carbocycles. The highest BCUT2D eigenvalue weighted by atomic mass is 16.5. The van der Waals surface area contributed by atoms with Crippen LogP contribution in [-0.4, -0.2) is 18.1 Å². The van der Waals surface area contributed by atoms with E-state index in [0.29, 0.717) is 17.7 Å². The standard InChI is InChI=1S/C23H21NO3/c1-16-7-5-9-18(13-16)23(26)20-11-3-4-12-21(20)24(22(23)25)15-17-8-6-10-19(14-17)27-2/h3-14,26H,15H2,1-2H3/t23-/m1/s1. The molecule has 1 aliphatic rings. The minimum atomic E-state index is -1.68. The Balaban J connectivity index is 1.80. The molecule has 0 radical (unpaired) electrons. The zero-order valence-corrected chi connectivity index (χ0v) is 15.3. The molecule has 0 fully saturated rings. The smallest absolute Gasteiger partial charge is 0.268 e. The van der Waals surface area contributed by atoms with E-state index in [1.165, 1.54) is 0 Å². The van der Waals surface area contributed by atoms with Crippen LogP contribution in [0, 0.1) is 6.92 Å². The van der Waals surface area contributed by atoms with Gasteiger partial charge in [0.2, 0.25) is 0 Å². The van der Waals surface area contributed by atoms with Gasteiger partial charge in [0.25, 0.3) is 5.91 Å². The molecule has 1 aliphatic heterocycles. The van der Waals surface area contributed by atoms with E-state index in [9.17, 15) is 9.90 Å². The van der Waals surface area contributed by atoms with Crippen LogP contribution in [0.1, 0.15) is 22.3 Å². The minimum Gasteiger partial charge on any atom is -0.497 e. The molecule has 0 unspecified atom stereocenters. The number of aryl methyl sites for hydroxylation is 1. The zero-order valence-electron chi connectivity index (χ0n) is 15.3. The second-order valence-electron chi connectivity index (χ2n) is 6.84. The maximum atomic E-state index is 13.4. The van der Waals surface area contributed by atoms with E-state index >= 15 is 0 Å². The minimum absolute atomic E-state index is 0.336. The predicted octanol–water partition coefficient (Wildman–Crippen LogP) is 3.79. The van der Waals surface area contributed by atoms with Crippen molar-refractivity contribution >= 4 is 11.6 Å². The molecule has 4 heteroatoms. The lowest BCUT2D eigenvalue weighted by Gasteiger charge is -2.24. The van der Waals surface area contributed by atoms with Crippen molar-refractivity contribution in [2.75, 3.05) is 12.0 Å². The first-order valence-electron chi connectivity index (χ1n) is 8.88. The van der Waals surface area contributed by atoms with Gasteiger partial charge >= 0.3 is 0 Å². The maximum absolute atomic E-state index is 13.4. The van der Waals surface area contributed by atoms with E-state index in [1.807, 2.05) is 73.7 Å². The highest BCUT2D eigenvalue weighted by Gasteiger charge is 2.50. The molecule has 1 amide bonds. The number of methoxy groups -OCH3 is 1. The molecule has 3 aromatic rings. The third-order valence-corrected chi connectivity index (χ3v) is 5.05. The van der Waals surface area contributed by atoms with Crippen molar-refractivity contribution in [1.29, 1.82) is 0 Å². The normalized spacial score (nSPS) is 18.5. The molecular weight excluding hydrogens is 338 g/mol. The number of hydrogen-bond donors (Lipinski definition) is 1. The number of hydrogen-bond acceptors (Lipinski definition) is 3. The van der Waals surface area contributed by atoms with Gasteiger partial charge in [0.1, 0.15) is 5.75 Å². The fraction of sp³-hybridized carbons (Fsp3) is 0.174. The Labute approximate surface area is 158 Å². The lowest BCUT2D eigenvalue weighted by Crippen LogP contribution is -2.40. The van der Waals surface area contributed by atoms with Gasteiger partial charge < -0.3 is 14.7 Å². The Morgan fingerprint density at radius 2 is 1.78 bits per heavy atom. The van der Waals surface area contributed by atoms with Crippen LogP contribution < -0.4 is 9.64 Å². The van der Waals surface area contributed by atoms with Crippen molar-refractivity contribution in [2.24, 2.45) is 0 Å². The predicted molar refractivity (Wildman–Crippen MR) is 105 cm³/mol. The monoisotopic (exact) mass is 359 g/mol. The first kappa shape index (κ1) is 17.3. The SMILES string of the molecule is COc1cccc(CN2C(=O)[C@@](O)(c3cccc(C)c3)c3ccccc32)c1. The van der Waals surface area contributed by atoms with E-state index in [1.54, 1.807) is 18.1 Å². The van der Waals surface area contributed by atoms with E-state index in [2.05, 4.69) is 0 Å². The Hall–Kier alpha value is -3.11. The number of ether oxygens (including phenoxy) is 1. The molecule has 0 saturated carbocycles. The van der Waals surface area contributed by atoms with Gasteiger partial charge in [0.15, 0.2) is 5.60 Å². The molecule has 1 atom stereocenters. The Bertz CT molecular complexity index is 1010. The third kappa shape index (κ3) is 2.78. The summed E-state index contributed by atoms with van der Waals surface area (Å²) in [5.41, 5.74) is 2.19. The highest BCUT2D eigenvalue weighted by Crippen LogP contribution is 2.45. The molecule has 0 bridgehead atoms. The van der Waals surface area contributed by atoms with Gasteiger partial charge in [-0.25, -0.2) is 0 Å². The Kier molecular flexibility index (Phi) is 4.21. The lowest BCUT2D eigenvalue weighted by molar-refractivity contribution is -0.132. The van der Waals surface area contributed by atoms with Crippen molar-refractivity contribution in [2.45, 2.75) is 19.1 Å². The zero-order chi connectivity index (χ0) is 19.0. The van der Waals surface area contributed by atoms with Crippen molar-refractivity contribution in [3.05, 3.63) is 95.1 Å². The van der Waals surface area contributed by atoms with E-state index in [0.717, 1.165) is 22.6 Å². The summed E-state index contributed by atoms with van der Waals surface area (Å²) in [6, 6.07) is 22.5. The van der Waals surface area contributed by atoms with Gasteiger partial charge in [-0.2, -0.15) is 0 Å². The number of fused-ring (bicyclic) bond motifs is 1. The van der Waals surface area contributed by atoms with Gasteiger partial charge in [-0.3, -0.25) is 4.79 Å². The number of benzene rings is 3. The van der Waals surface area contributed by atoms with Crippen molar-refractivity contribution in [3.63, 3.8) is 0 Å². The van der Waals surface area contributed by atoms with Gasteiger partial charge in [-0.1, -0.05) is 60.2 Å². The van der Waals surface area contributed by atoms with Crippen LogP contribution in [-0.2, 0) is 16.9 Å². The molecule has 4 rings (SSSR count). The van der Waals surface area contributed by atoms with Gasteiger partial charge in [0.05, 0.1) is 19.3 Å². The number of para-hydroxylation sites is 1. The summed E-state index contributed by atoms with van der Waals surface area (Å²) in [7, 11) is 1.62.